The van der Waals surface area contributed by atoms with Gasteiger partial charge in [-0.2, -0.15) is 0 Å². The number of para-hydroxylation sites is 1. The molecule has 0 N–H and O–H groups in total. The molecule has 3 aromatic rings. The summed E-state index contributed by atoms with van der Waals surface area (Å²) in [5.74, 6) is 0. The Morgan fingerprint density at radius 2 is 1.31 bits per heavy atom. The fourth-order valence-electron chi connectivity index (χ4n) is 3.29. The van der Waals surface area contributed by atoms with E-state index >= 15 is 0 Å². The molecular formula is C19H10N4O6. The van der Waals surface area contributed by atoms with Gasteiger partial charge in [-0.15, -0.1) is 0 Å². The van der Waals surface area contributed by atoms with Gasteiger partial charge in [0, 0.05) is 29.3 Å². The van der Waals surface area contributed by atoms with E-state index in [-0.39, 0.29) is 22.5 Å². The summed E-state index contributed by atoms with van der Waals surface area (Å²) < 4.78 is 0. The van der Waals surface area contributed by atoms with Crippen LogP contribution >= 0.6 is 0 Å². The number of nitrogens with zero attached hydrogens (tertiary/aromatic N) is 4. The number of benzene rings is 3. The Morgan fingerprint density at radius 1 is 0.655 bits per heavy atom. The van der Waals surface area contributed by atoms with Crippen LogP contribution in [0.4, 0.5) is 22.7 Å². The molecule has 0 spiro atoms. The quantitative estimate of drug-likeness (QED) is 0.369. The number of hydrogen-bond donors (Lipinski definition) is 0. The van der Waals surface area contributed by atoms with Crippen molar-refractivity contribution < 1.29 is 14.8 Å². The smallest absolute Gasteiger partial charge is 0.258 e. The van der Waals surface area contributed by atoms with Crippen molar-refractivity contribution >= 4 is 28.5 Å². The molecule has 3 aromatic carbocycles. The first-order valence-electron chi connectivity index (χ1n) is 8.27. The number of aliphatic imine (C=N–C) groups is 1. The molecule has 0 aliphatic heterocycles. The third-order valence-electron chi connectivity index (χ3n) is 4.50. The monoisotopic (exact) mass is 390 g/mol. The minimum atomic E-state index is -0.723. The van der Waals surface area contributed by atoms with Crippen molar-refractivity contribution in [1.82, 2.24) is 0 Å². The van der Waals surface area contributed by atoms with E-state index < -0.39 is 26.1 Å². The number of nitro benzene ring substituents is 3. The first-order valence-corrected chi connectivity index (χ1v) is 8.27. The molecule has 0 unspecified atom stereocenters. The minimum Gasteiger partial charge on any atom is -0.258 e. The fraction of sp³-hybridized carbons (Fsp3) is 0. The molecule has 0 saturated carbocycles. The molecule has 29 heavy (non-hydrogen) atoms. The standard InChI is InChI=1S/C19H10N4O6/c24-21(25)12-6-7-14-15(8-12)19(20-11-4-2-1-3-5-11)16-9-13(22(26)27)10-17(18(14)16)23(28)29/h1-10H. The largest absolute Gasteiger partial charge is 0.284 e. The van der Waals surface area contributed by atoms with Crippen LogP contribution in [0.1, 0.15) is 11.1 Å². The molecule has 0 bridgehead atoms. The molecule has 0 heterocycles. The lowest BCUT2D eigenvalue weighted by Crippen LogP contribution is -2.01. The average Bonchev–Trinajstić information content (AvgIpc) is 3.01. The Labute approximate surface area is 162 Å². The first-order chi connectivity index (χ1) is 13.9. The summed E-state index contributed by atoms with van der Waals surface area (Å²) in [6.07, 6.45) is 0. The maximum Gasteiger partial charge on any atom is 0.284 e. The summed E-state index contributed by atoms with van der Waals surface area (Å²) in [7, 11) is 0. The lowest BCUT2D eigenvalue weighted by molar-refractivity contribution is -0.393. The van der Waals surface area contributed by atoms with Gasteiger partial charge in [-0.1, -0.05) is 18.2 Å². The summed E-state index contributed by atoms with van der Waals surface area (Å²) in [5, 5.41) is 34.2. The van der Waals surface area contributed by atoms with Crippen LogP contribution < -0.4 is 0 Å². The Balaban J connectivity index is 2.09. The highest BCUT2D eigenvalue weighted by Gasteiger charge is 2.35. The van der Waals surface area contributed by atoms with E-state index in [2.05, 4.69) is 4.99 Å². The molecule has 0 saturated heterocycles. The second-order valence-corrected chi connectivity index (χ2v) is 6.18. The van der Waals surface area contributed by atoms with Crippen LogP contribution in [-0.2, 0) is 0 Å². The lowest BCUT2D eigenvalue weighted by atomic mass is 10.0. The summed E-state index contributed by atoms with van der Waals surface area (Å²) in [6.45, 7) is 0. The molecule has 4 rings (SSSR count). The second kappa shape index (κ2) is 6.60. The highest BCUT2D eigenvalue weighted by molar-refractivity contribution is 6.27. The van der Waals surface area contributed by atoms with Crippen LogP contribution in [0.25, 0.3) is 11.1 Å². The van der Waals surface area contributed by atoms with E-state index in [0.717, 1.165) is 6.07 Å². The van der Waals surface area contributed by atoms with Gasteiger partial charge in [-0.05, 0) is 23.8 Å². The molecule has 10 heteroatoms. The van der Waals surface area contributed by atoms with Gasteiger partial charge >= 0.3 is 0 Å². The number of nitro groups is 3. The zero-order valence-corrected chi connectivity index (χ0v) is 14.5. The molecule has 0 amide bonds. The zero-order chi connectivity index (χ0) is 20.7. The molecular weight excluding hydrogens is 380 g/mol. The Kier molecular flexibility index (Phi) is 4.08. The molecule has 0 atom stereocenters. The Morgan fingerprint density at radius 3 is 1.93 bits per heavy atom. The first kappa shape index (κ1) is 17.9. The number of fused-ring (bicyclic) bond motifs is 3. The SMILES string of the molecule is O=[N+]([O-])c1ccc2c(c1)C(=Nc1ccccc1)c1cc([N+](=O)[O-])cc([N+](=O)[O-])c1-2. The van der Waals surface area contributed by atoms with E-state index in [1.165, 1.54) is 24.3 Å². The molecule has 1 aliphatic rings. The normalized spacial score (nSPS) is 13.0. The molecule has 0 fully saturated rings. The fourth-order valence-corrected chi connectivity index (χ4v) is 3.29. The summed E-state index contributed by atoms with van der Waals surface area (Å²) >= 11 is 0. The third-order valence-corrected chi connectivity index (χ3v) is 4.50. The molecule has 0 aromatic heterocycles. The number of non-ortho nitro benzene ring substituents is 2. The zero-order valence-electron chi connectivity index (χ0n) is 14.5. The predicted molar refractivity (Wildman–Crippen MR) is 104 cm³/mol. The van der Waals surface area contributed by atoms with Crippen molar-refractivity contribution in [3.63, 3.8) is 0 Å². The maximum atomic E-state index is 11.6. The van der Waals surface area contributed by atoms with E-state index in [0.29, 0.717) is 16.8 Å². The molecule has 0 radical (unpaired) electrons. The van der Waals surface area contributed by atoms with E-state index in [1.54, 1.807) is 30.3 Å². The van der Waals surface area contributed by atoms with Crippen molar-refractivity contribution in [2.75, 3.05) is 0 Å². The summed E-state index contributed by atoms with van der Waals surface area (Å²) in [4.78, 5) is 36.6. The average molecular weight is 390 g/mol. The van der Waals surface area contributed by atoms with Crippen molar-refractivity contribution in [3.8, 4) is 11.1 Å². The van der Waals surface area contributed by atoms with Crippen LogP contribution in [0.3, 0.4) is 0 Å². The highest BCUT2D eigenvalue weighted by Crippen LogP contribution is 2.46. The lowest BCUT2D eigenvalue weighted by Gasteiger charge is -2.03. The van der Waals surface area contributed by atoms with E-state index in [4.69, 9.17) is 0 Å². The van der Waals surface area contributed by atoms with Crippen LogP contribution in [0.2, 0.25) is 0 Å². The minimum absolute atomic E-state index is 0.153. The van der Waals surface area contributed by atoms with Gasteiger partial charge in [0.2, 0.25) is 0 Å². The highest BCUT2D eigenvalue weighted by atomic mass is 16.6. The maximum absolute atomic E-state index is 11.6. The second-order valence-electron chi connectivity index (χ2n) is 6.18. The molecule has 1 aliphatic carbocycles. The van der Waals surface area contributed by atoms with Gasteiger partial charge in [-0.25, -0.2) is 4.99 Å². The van der Waals surface area contributed by atoms with Crippen LogP contribution in [0.5, 0.6) is 0 Å². The number of rotatable bonds is 4. The van der Waals surface area contributed by atoms with Crippen molar-refractivity contribution in [2.45, 2.75) is 0 Å². The summed E-state index contributed by atoms with van der Waals surface area (Å²) in [5.41, 5.74) is 0.586. The van der Waals surface area contributed by atoms with Crippen molar-refractivity contribution in [1.29, 1.82) is 0 Å². The van der Waals surface area contributed by atoms with Gasteiger partial charge in [0.15, 0.2) is 0 Å². The van der Waals surface area contributed by atoms with Gasteiger partial charge in [0.1, 0.15) is 0 Å². The Hall–Kier alpha value is -4.47. The van der Waals surface area contributed by atoms with E-state index in [9.17, 15) is 30.3 Å². The van der Waals surface area contributed by atoms with Gasteiger partial charge in [0.25, 0.3) is 17.1 Å². The van der Waals surface area contributed by atoms with Crippen molar-refractivity contribution in [2.24, 2.45) is 4.99 Å². The van der Waals surface area contributed by atoms with Crippen LogP contribution in [-0.4, -0.2) is 20.5 Å². The Bertz CT molecular complexity index is 1240. The topological polar surface area (TPSA) is 142 Å². The van der Waals surface area contributed by atoms with Gasteiger partial charge in [-0.3, -0.25) is 30.3 Å². The van der Waals surface area contributed by atoms with Gasteiger partial charge < -0.3 is 0 Å². The molecule has 142 valence electrons. The van der Waals surface area contributed by atoms with E-state index in [1.807, 2.05) is 0 Å². The molecule has 10 nitrogen and oxygen atoms in total. The van der Waals surface area contributed by atoms with Gasteiger partial charge in [0.05, 0.1) is 37.8 Å². The summed E-state index contributed by atoms with van der Waals surface area (Å²) in [6, 6.07) is 14.6. The van der Waals surface area contributed by atoms with Crippen molar-refractivity contribution in [3.05, 3.63) is 102 Å². The number of hydrogen-bond acceptors (Lipinski definition) is 7. The van der Waals surface area contributed by atoms with Crippen LogP contribution in [0.15, 0.2) is 65.7 Å². The third kappa shape index (κ3) is 2.98. The van der Waals surface area contributed by atoms with Crippen LogP contribution in [0, 0.1) is 30.3 Å². The predicted octanol–water partition coefficient (Wildman–Crippen LogP) is 4.56.